The van der Waals surface area contributed by atoms with Crippen LogP contribution in [0.25, 0.3) is 0 Å². The number of likely N-dealkylation sites (tertiary alicyclic amines) is 1. The summed E-state index contributed by atoms with van der Waals surface area (Å²) >= 11 is 3.50. The van der Waals surface area contributed by atoms with Crippen LogP contribution in [-0.4, -0.2) is 31.1 Å². The van der Waals surface area contributed by atoms with Crippen molar-refractivity contribution in [1.29, 1.82) is 0 Å². The van der Waals surface area contributed by atoms with Gasteiger partial charge in [-0.25, -0.2) is 0 Å². The van der Waals surface area contributed by atoms with Crippen LogP contribution in [0.15, 0.2) is 28.7 Å². The minimum absolute atomic E-state index is 0.849. The number of hydrogen-bond donors (Lipinski definition) is 1. The fraction of sp³-hybridized carbons (Fsp3) is 0.625. The molecule has 1 N–H and O–H groups in total. The lowest BCUT2D eigenvalue weighted by atomic mass is 9.87. The lowest BCUT2D eigenvalue weighted by Crippen LogP contribution is -2.37. The third-order valence-corrected chi connectivity index (χ3v) is 4.65. The van der Waals surface area contributed by atoms with Gasteiger partial charge in [-0.2, -0.15) is 0 Å². The topological polar surface area (TPSA) is 15.3 Å². The molecule has 3 heteroatoms. The van der Waals surface area contributed by atoms with Crippen LogP contribution in [0.5, 0.6) is 0 Å². The van der Waals surface area contributed by atoms with E-state index in [1.807, 2.05) is 0 Å². The molecule has 2 rings (SSSR count). The van der Waals surface area contributed by atoms with Crippen molar-refractivity contribution in [3.63, 3.8) is 0 Å². The summed E-state index contributed by atoms with van der Waals surface area (Å²) in [5.74, 6) is 1.79. The number of rotatable bonds is 5. The van der Waals surface area contributed by atoms with Crippen molar-refractivity contribution in [1.82, 2.24) is 4.90 Å². The van der Waals surface area contributed by atoms with Gasteiger partial charge in [0.25, 0.3) is 0 Å². The molecular formula is C16H25BrN2. The standard InChI is InChI=1S/C16H25BrN2/c1-13(2)14-6-9-19(10-7-14)11-8-18-16-5-3-4-15(17)12-16/h3-5,12-14,18H,6-11H2,1-2H3. The van der Waals surface area contributed by atoms with Gasteiger partial charge in [-0.3, -0.25) is 0 Å². The highest BCUT2D eigenvalue weighted by molar-refractivity contribution is 9.10. The summed E-state index contributed by atoms with van der Waals surface area (Å²) in [6, 6.07) is 8.38. The number of anilines is 1. The number of benzene rings is 1. The first kappa shape index (κ1) is 14.9. The zero-order chi connectivity index (χ0) is 13.7. The van der Waals surface area contributed by atoms with E-state index in [9.17, 15) is 0 Å². The molecule has 19 heavy (non-hydrogen) atoms. The average Bonchev–Trinajstić information content (AvgIpc) is 2.39. The maximum absolute atomic E-state index is 3.50. The van der Waals surface area contributed by atoms with Crippen LogP contribution in [0, 0.1) is 11.8 Å². The fourth-order valence-electron chi connectivity index (χ4n) is 2.80. The first-order valence-electron chi connectivity index (χ1n) is 7.37. The maximum Gasteiger partial charge on any atom is 0.0351 e. The van der Waals surface area contributed by atoms with Crippen molar-refractivity contribution in [3.8, 4) is 0 Å². The van der Waals surface area contributed by atoms with Gasteiger partial charge < -0.3 is 10.2 Å². The zero-order valence-corrected chi connectivity index (χ0v) is 13.6. The summed E-state index contributed by atoms with van der Waals surface area (Å²) in [7, 11) is 0. The van der Waals surface area contributed by atoms with E-state index in [1.165, 1.54) is 31.6 Å². The summed E-state index contributed by atoms with van der Waals surface area (Å²) in [4.78, 5) is 2.59. The monoisotopic (exact) mass is 324 g/mol. The molecule has 0 bridgehead atoms. The minimum atomic E-state index is 0.849. The van der Waals surface area contributed by atoms with Crippen molar-refractivity contribution >= 4 is 21.6 Å². The molecule has 0 atom stereocenters. The Hall–Kier alpha value is -0.540. The molecule has 1 aliphatic heterocycles. The van der Waals surface area contributed by atoms with Gasteiger partial charge in [0, 0.05) is 23.2 Å². The molecule has 0 aromatic heterocycles. The number of halogens is 1. The molecule has 0 radical (unpaired) electrons. The molecule has 1 aromatic carbocycles. The molecule has 2 nitrogen and oxygen atoms in total. The summed E-state index contributed by atoms with van der Waals surface area (Å²) in [6.45, 7) is 9.43. The maximum atomic E-state index is 3.50. The number of piperidine rings is 1. The molecule has 0 spiro atoms. The van der Waals surface area contributed by atoms with Crippen LogP contribution in [0.2, 0.25) is 0 Å². The van der Waals surface area contributed by atoms with Crippen molar-refractivity contribution in [3.05, 3.63) is 28.7 Å². The van der Waals surface area contributed by atoms with Crippen LogP contribution in [0.1, 0.15) is 26.7 Å². The Morgan fingerprint density at radius 3 is 2.68 bits per heavy atom. The van der Waals surface area contributed by atoms with E-state index in [1.54, 1.807) is 0 Å². The Bertz CT molecular complexity index is 384. The van der Waals surface area contributed by atoms with Crippen LogP contribution in [0.4, 0.5) is 5.69 Å². The summed E-state index contributed by atoms with van der Waals surface area (Å²) in [6.07, 6.45) is 2.74. The van der Waals surface area contributed by atoms with E-state index < -0.39 is 0 Å². The van der Waals surface area contributed by atoms with Gasteiger partial charge in [0.15, 0.2) is 0 Å². The normalized spacial score (nSPS) is 17.9. The fourth-order valence-corrected chi connectivity index (χ4v) is 3.20. The predicted octanol–water partition coefficient (Wildman–Crippen LogP) is 4.23. The number of nitrogens with zero attached hydrogens (tertiary/aromatic N) is 1. The van der Waals surface area contributed by atoms with E-state index in [2.05, 4.69) is 64.3 Å². The Kier molecular flexibility index (Phi) is 5.71. The number of hydrogen-bond acceptors (Lipinski definition) is 2. The van der Waals surface area contributed by atoms with Gasteiger partial charge >= 0.3 is 0 Å². The second-order valence-corrected chi connectivity index (χ2v) is 6.78. The molecule has 1 aliphatic rings. The van der Waals surface area contributed by atoms with E-state index in [-0.39, 0.29) is 0 Å². The van der Waals surface area contributed by atoms with Crippen molar-refractivity contribution in [2.75, 3.05) is 31.5 Å². The molecule has 1 saturated heterocycles. The molecule has 0 saturated carbocycles. The highest BCUT2D eigenvalue weighted by Crippen LogP contribution is 2.24. The zero-order valence-electron chi connectivity index (χ0n) is 12.0. The smallest absolute Gasteiger partial charge is 0.0351 e. The molecule has 0 amide bonds. The summed E-state index contributed by atoms with van der Waals surface area (Å²) in [5.41, 5.74) is 1.20. The van der Waals surface area contributed by atoms with Gasteiger partial charge in [0.1, 0.15) is 0 Å². The van der Waals surface area contributed by atoms with E-state index in [4.69, 9.17) is 0 Å². The third kappa shape index (κ3) is 4.81. The predicted molar refractivity (Wildman–Crippen MR) is 86.6 cm³/mol. The minimum Gasteiger partial charge on any atom is -0.384 e. The van der Waals surface area contributed by atoms with Crippen molar-refractivity contribution < 1.29 is 0 Å². The third-order valence-electron chi connectivity index (χ3n) is 4.16. The van der Waals surface area contributed by atoms with Gasteiger partial charge in [0.05, 0.1) is 0 Å². The SMILES string of the molecule is CC(C)C1CCN(CCNc2cccc(Br)c2)CC1. The Morgan fingerprint density at radius 1 is 1.32 bits per heavy atom. The summed E-state index contributed by atoms with van der Waals surface area (Å²) < 4.78 is 1.13. The van der Waals surface area contributed by atoms with Crippen LogP contribution >= 0.6 is 15.9 Å². The first-order chi connectivity index (χ1) is 9.15. The lowest BCUT2D eigenvalue weighted by molar-refractivity contribution is 0.162. The van der Waals surface area contributed by atoms with Gasteiger partial charge in [-0.1, -0.05) is 35.8 Å². The summed E-state index contributed by atoms with van der Waals surface area (Å²) in [5, 5.41) is 3.50. The second kappa shape index (κ2) is 7.30. The second-order valence-electron chi connectivity index (χ2n) is 5.86. The molecule has 0 aliphatic carbocycles. The first-order valence-corrected chi connectivity index (χ1v) is 8.16. The van der Waals surface area contributed by atoms with E-state index in [0.29, 0.717) is 0 Å². The average molecular weight is 325 g/mol. The van der Waals surface area contributed by atoms with Gasteiger partial charge in [-0.15, -0.1) is 0 Å². The Morgan fingerprint density at radius 2 is 2.05 bits per heavy atom. The largest absolute Gasteiger partial charge is 0.384 e. The van der Waals surface area contributed by atoms with Crippen LogP contribution in [0.3, 0.4) is 0 Å². The van der Waals surface area contributed by atoms with E-state index >= 15 is 0 Å². The number of nitrogens with one attached hydrogen (secondary N) is 1. The molecule has 1 fully saturated rings. The van der Waals surface area contributed by atoms with Crippen LogP contribution < -0.4 is 5.32 Å². The quantitative estimate of drug-likeness (QED) is 0.871. The molecule has 0 unspecified atom stereocenters. The highest BCUT2D eigenvalue weighted by atomic mass is 79.9. The van der Waals surface area contributed by atoms with Crippen LogP contribution in [-0.2, 0) is 0 Å². The Balaban J connectivity index is 1.67. The molecule has 106 valence electrons. The van der Waals surface area contributed by atoms with E-state index in [0.717, 1.165) is 29.4 Å². The molecular weight excluding hydrogens is 300 g/mol. The van der Waals surface area contributed by atoms with Crippen molar-refractivity contribution in [2.45, 2.75) is 26.7 Å². The molecule has 1 heterocycles. The lowest BCUT2D eigenvalue weighted by Gasteiger charge is -2.33. The van der Waals surface area contributed by atoms with Gasteiger partial charge in [0.2, 0.25) is 0 Å². The Labute approximate surface area is 125 Å². The van der Waals surface area contributed by atoms with Crippen molar-refractivity contribution in [2.24, 2.45) is 11.8 Å². The van der Waals surface area contributed by atoms with Gasteiger partial charge in [-0.05, 0) is 56.0 Å². The highest BCUT2D eigenvalue weighted by Gasteiger charge is 2.20. The molecule has 1 aromatic rings.